The Balaban J connectivity index is 1.79. The lowest BCUT2D eigenvalue weighted by molar-refractivity contribution is -0.121. The van der Waals surface area contributed by atoms with Crippen LogP contribution in [0.5, 0.6) is 5.75 Å². The summed E-state index contributed by atoms with van der Waals surface area (Å²) in [5, 5.41) is 3.95. The van der Waals surface area contributed by atoms with E-state index in [9.17, 15) is 4.79 Å². The number of nitrogens with one attached hydrogen (secondary N) is 1. The predicted octanol–water partition coefficient (Wildman–Crippen LogP) is 2.78. The number of benzene rings is 2. The zero-order valence-corrected chi connectivity index (χ0v) is 12.7. The zero-order chi connectivity index (χ0) is 16.3. The molecule has 1 amide bonds. The Morgan fingerprint density at radius 3 is 2.83 bits per heavy atom. The van der Waals surface area contributed by atoms with E-state index in [0.29, 0.717) is 18.6 Å². The van der Waals surface area contributed by atoms with Crippen molar-refractivity contribution in [1.29, 1.82) is 0 Å². The van der Waals surface area contributed by atoms with Gasteiger partial charge in [-0.15, -0.1) is 6.42 Å². The predicted molar refractivity (Wildman–Crippen MR) is 91.3 cm³/mol. The molecule has 1 N–H and O–H groups in total. The summed E-state index contributed by atoms with van der Waals surface area (Å²) in [7, 11) is 0. The van der Waals surface area contributed by atoms with Gasteiger partial charge in [0.1, 0.15) is 12.4 Å². The van der Waals surface area contributed by atoms with Crippen molar-refractivity contribution in [1.82, 2.24) is 5.43 Å². The van der Waals surface area contributed by atoms with Crippen LogP contribution in [0.15, 0.2) is 59.7 Å². The van der Waals surface area contributed by atoms with Gasteiger partial charge in [0.05, 0.1) is 6.21 Å². The minimum atomic E-state index is -0.121. The van der Waals surface area contributed by atoms with Crippen LogP contribution in [-0.2, 0) is 11.2 Å². The average Bonchev–Trinajstić information content (AvgIpc) is 2.59. The van der Waals surface area contributed by atoms with E-state index in [1.807, 2.05) is 48.5 Å². The van der Waals surface area contributed by atoms with Crippen LogP contribution < -0.4 is 10.2 Å². The molecule has 0 aromatic heterocycles. The summed E-state index contributed by atoms with van der Waals surface area (Å²) in [6, 6.07) is 17.2. The molecule has 0 atom stereocenters. The van der Waals surface area contributed by atoms with Gasteiger partial charge in [0.15, 0.2) is 0 Å². The summed E-state index contributed by atoms with van der Waals surface area (Å²) < 4.78 is 5.33. The molecule has 2 rings (SSSR count). The van der Waals surface area contributed by atoms with Gasteiger partial charge in [-0.3, -0.25) is 4.79 Å². The Kier molecular flexibility index (Phi) is 6.43. The summed E-state index contributed by atoms with van der Waals surface area (Å²) in [5.74, 6) is 2.96. The molecular weight excluding hydrogens is 288 g/mol. The Hall–Kier alpha value is -3.06. The fourth-order valence-electron chi connectivity index (χ4n) is 1.95. The normalized spacial score (nSPS) is 10.2. The lowest BCUT2D eigenvalue weighted by atomic mass is 10.1. The average molecular weight is 306 g/mol. The molecule has 0 heterocycles. The molecule has 0 bridgehead atoms. The summed E-state index contributed by atoms with van der Waals surface area (Å²) in [5.41, 5.74) is 4.47. The molecule has 0 saturated carbocycles. The highest BCUT2D eigenvalue weighted by molar-refractivity contribution is 5.82. The monoisotopic (exact) mass is 306 g/mol. The second-order valence-electron chi connectivity index (χ2n) is 4.84. The molecule has 2 aromatic carbocycles. The zero-order valence-electron chi connectivity index (χ0n) is 12.7. The highest BCUT2D eigenvalue weighted by Gasteiger charge is 2.00. The summed E-state index contributed by atoms with van der Waals surface area (Å²) in [6.07, 6.45) is 7.81. The van der Waals surface area contributed by atoms with Crippen LogP contribution in [0.1, 0.15) is 17.5 Å². The van der Waals surface area contributed by atoms with Gasteiger partial charge in [-0.2, -0.15) is 5.10 Å². The van der Waals surface area contributed by atoms with Crippen LogP contribution >= 0.6 is 0 Å². The van der Waals surface area contributed by atoms with Crippen molar-refractivity contribution < 1.29 is 9.53 Å². The van der Waals surface area contributed by atoms with Crippen molar-refractivity contribution in [3.05, 3.63) is 65.7 Å². The van der Waals surface area contributed by atoms with Gasteiger partial charge in [-0.05, 0) is 29.7 Å². The van der Waals surface area contributed by atoms with Crippen LogP contribution in [0, 0.1) is 12.3 Å². The molecule has 116 valence electrons. The molecule has 0 radical (unpaired) electrons. The number of carbonyl (C=O) groups excluding carboxylic acids is 1. The maximum absolute atomic E-state index is 11.7. The van der Waals surface area contributed by atoms with E-state index in [4.69, 9.17) is 11.2 Å². The van der Waals surface area contributed by atoms with Gasteiger partial charge < -0.3 is 4.74 Å². The fraction of sp³-hybridized carbons (Fsp3) is 0.158. The van der Waals surface area contributed by atoms with Crippen molar-refractivity contribution in [2.24, 2.45) is 5.10 Å². The first-order chi connectivity index (χ1) is 11.3. The largest absolute Gasteiger partial charge is 0.481 e. The molecule has 0 fully saturated rings. The molecule has 0 unspecified atom stereocenters. The molecule has 4 heteroatoms. The number of amides is 1. The smallest absolute Gasteiger partial charge is 0.240 e. The molecule has 0 spiro atoms. The molecule has 0 aliphatic heterocycles. The lowest BCUT2D eigenvalue weighted by Crippen LogP contribution is -2.17. The van der Waals surface area contributed by atoms with Crippen LogP contribution in [0.2, 0.25) is 0 Å². The molecule has 0 aliphatic carbocycles. The van der Waals surface area contributed by atoms with Gasteiger partial charge in [-0.1, -0.05) is 48.4 Å². The highest BCUT2D eigenvalue weighted by Crippen LogP contribution is 2.11. The van der Waals surface area contributed by atoms with E-state index in [2.05, 4.69) is 16.4 Å². The number of aryl methyl sites for hydroxylation is 1. The van der Waals surface area contributed by atoms with Gasteiger partial charge in [0.25, 0.3) is 0 Å². The van der Waals surface area contributed by atoms with E-state index in [1.54, 1.807) is 12.3 Å². The van der Waals surface area contributed by atoms with E-state index < -0.39 is 0 Å². The van der Waals surface area contributed by atoms with E-state index in [1.165, 1.54) is 0 Å². The number of rotatable bonds is 7. The van der Waals surface area contributed by atoms with Crippen LogP contribution in [0.3, 0.4) is 0 Å². The number of carbonyl (C=O) groups is 1. The maximum atomic E-state index is 11.7. The van der Waals surface area contributed by atoms with Crippen molar-refractivity contribution in [3.63, 3.8) is 0 Å². The second-order valence-corrected chi connectivity index (χ2v) is 4.84. The van der Waals surface area contributed by atoms with Crippen LogP contribution in [0.25, 0.3) is 0 Å². The standard InChI is InChI=1S/C19H18N2O2/c1-2-13-23-18-10-6-9-17(14-18)15-20-21-19(22)12-11-16-7-4-3-5-8-16/h1,3-10,14-15H,11-13H2,(H,21,22)/b20-15-. The molecule has 0 aliphatic rings. The van der Waals surface area contributed by atoms with Crippen LogP contribution in [-0.4, -0.2) is 18.7 Å². The summed E-state index contributed by atoms with van der Waals surface area (Å²) in [6.45, 7) is 0.219. The number of hydrogen-bond acceptors (Lipinski definition) is 3. The minimum absolute atomic E-state index is 0.121. The van der Waals surface area contributed by atoms with Crippen molar-refractivity contribution in [2.45, 2.75) is 12.8 Å². The Labute approximate surface area is 136 Å². The van der Waals surface area contributed by atoms with Crippen LogP contribution in [0.4, 0.5) is 0 Å². The summed E-state index contributed by atoms with van der Waals surface area (Å²) >= 11 is 0. The van der Waals surface area contributed by atoms with Crippen molar-refractivity contribution in [2.75, 3.05) is 6.61 Å². The quantitative estimate of drug-likeness (QED) is 0.486. The summed E-state index contributed by atoms with van der Waals surface area (Å²) in [4.78, 5) is 11.7. The SMILES string of the molecule is C#CCOc1cccc(/C=N\NC(=O)CCc2ccccc2)c1. The van der Waals surface area contributed by atoms with Crippen molar-refractivity contribution >= 4 is 12.1 Å². The second kappa shape index (κ2) is 9.06. The topological polar surface area (TPSA) is 50.7 Å². The lowest BCUT2D eigenvalue weighted by Gasteiger charge is -2.03. The Bertz CT molecular complexity index is 703. The van der Waals surface area contributed by atoms with E-state index >= 15 is 0 Å². The molecule has 2 aromatic rings. The fourth-order valence-corrected chi connectivity index (χ4v) is 1.95. The van der Waals surface area contributed by atoms with Crippen molar-refractivity contribution in [3.8, 4) is 18.1 Å². The Morgan fingerprint density at radius 2 is 2.04 bits per heavy atom. The number of nitrogens with zero attached hydrogens (tertiary/aromatic N) is 1. The number of hydrogen-bond donors (Lipinski definition) is 1. The molecule has 23 heavy (non-hydrogen) atoms. The number of terminal acetylenes is 1. The minimum Gasteiger partial charge on any atom is -0.481 e. The van der Waals surface area contributed by atoms with Gasteiger partial charge in [-0.25, -0.2) is 5.43 Å². The number of hydrazone groups is 1. The highest BCUT2D eigenvalue weighted by atomic mass is 16.5. The molecular formula is C19H18N2O2. The molecule has 0 saturated heterocycles. The van der Waals surface area contributed by atoms with Gasteiger partial charge in [0, 0.05) is 6.42 Å². The number of ether oxygens (including phenoxy) is 1. The third-order valence-corrected chi connectivity index (χ3v) is 3.07. The first-order valence-electron chi connectivity index (χ1n) is 7.30. The van der Waals surface area contributed by atoms with E-state index in [0.717, 1.165) is 11.1 Å². The maximum Gasteiger partial charge on any atom is 0.240 e. The third kappa shape index (κ3) is 6.06. The van der Waals surface area contributed by atoms with E-state index in [-0.39, 0.29) is 12.5 Å². The Morgan fingerprint density at radius 1 is 1.22 bits per heavy atom. The first-order valence-corrected chi connectivity index (χ1v) is 7.30. The first kappa shape index (κ1) is 16.3. The molecule has 4 nitrogen and oxygen atoms in total. The van der Waals surface area contributed by atoms with Gasteiger partial charge >= 0.3 is 0 Å². The third-order valence-electron chi connectivity index (χ3n) is 3.07. The van der Waals surface area contributed by atoms with Gasteiger partial charge in [0.2, 0.25) is 5.91 Å².